The third-order valence-electron chi connectivity index (χ3n) is 7.33. The fourth-order valence-corrected chi connectivity index (χ4v) is 6.41. The number of pyridine rings is 1. The van der Waals surface area contributed by atoms with E-state index in [1.807, 2.05) is 25.5 Å². The second kappa shape index (κ2) is 8.39. The van der Waals surface area contributed by atoms with Crippen LogP contribution in [0.5, 0.6) is 0 Å². The summed E-state index contributed by atoms with van der Waals surface area (Å²) in [6.45, 7) is 9.49. The number of nitrogens with two attached hydrogens (primary N) is 1. The smallest absolute Gasteiger partial charge is 0.154 e. The fraction of sp³-hybridized carbons (Fsp3) is 0.522. The molecule has 0 amide bonds. The van der Waals surface area contributed by atoms with E-state index in [1.54, 1.807) is 6.20 Å². The average Bonchev–Trinajstić information content (AvgIpc) is 3.39. The summed E-state index contributed by atoms with van der Waals surface area (Å²) in [5.41, 5.74) is 8.14. The topological polar surface area (TPSA) is 81.6 Å². The Morgan fingerprint density at radius 2 is 2.12 bits per heavy atom. The van der Waals surface area contributed by atoms with E-state index in [1.165, 1.54) is 11.8 Å². The molecular weight excluding hydrogens is 444 g/mol. The van der Waals surface area contributed by atoms with Gasteiger partial charge in [-0.2, -0.15) is 0 Å². The lowest BCUT2D eigenvalue weighted by Gasteiger charge is -2.42. The van der Waals surface area contributed by atoms with E-state index in [2.05, 4.69) is 33.1 Å². The lowest BCUT2D eigenvalue weighted by atomic mass is 9.69. The van der Waals surface area contributed by atoms with E-state index in [-0.39, 0.29) is 0 Å². The standard InChI is InChI=1S/C23H29ClN6OS/c1-4-17-14(2)23(12-31-17)6-9-29(10-7-23)21-16-11-26-13-30(16)22(15(3)28-21)32-18-5-8-27-20(25)19(18)24/h5,8,11,13-14,17H,4,6-7,9-10,12H2,1-3H3,(H2,25,27)/t14-,17+/m1/s1. The van der Waals surface area contributed by atoms with Crippen molar-refractivity contribution in [2.45, 2.75) is 56.1 Å². The van der Waals surface area contributed by atoms with Gasteiger partial charge in [-0.25, -0.2) is 15.0 Å². The van der Waals surface area contributed by atoms with E-state index in [9.17, 15) is 0 Å². The normalized spacial score (nSPS) is 22.8. The van der Waals surface area contributed by atoms with Crippen molar-refractivity contribution in [3.63, 3.8) is 0 Å². The summed E-state index contributed by atoms with van der Waals surface area (Å²) in [4.78, 5) is 16.8. The van der Waals surface area contributed by atoms with Crippen LogP contribution in [0.4, 0.5) is 11.6 Å². The van der Waals surface area contributed by atoms with Crippen LogP contribution in [-0.2, 0) is 4.74 Å². The minimum Gasteiger partial charge on any atom is -0.382 e. The summed E-state index contributed by atoms with van der Waals surface area (Å²) in [5, 5.41) is 1.44. The van der Waals surface area contributed by atoms with E-state index in [0.29, 0.717) is 28.3 Å². The van der Waals surface area contributed by atoms with Gasteiger partial charge in [0.1, 0.15) is 22.7 Å². The molecule has 5 heterocycles. The van der Waals surface area contributed by atoms with Gasteiger partial charge < -0.3 is 15.4 Å². The van der Waals surface area contributed by atoms with E-state index >= 15 is 0 Å². The number of ether oxygens (including phenoxy) is 1. The van der Waals surface area contributed by atoms with E-state index in [0.717, 1.165) is 65.9 Å². The number of nitrogens with zero attached hydrogens (tertiary/aromatic N) is 5. The van der Waals surface area contributed by atoms with Gasteiger partial charge in [0.05, 0.1) is 29.6 Å². The van der Waals surface area contributed by atoms with Gasteiger partial charge in [-0.3, -0.25) is 4.40 Å². The molecule has 3 aromatic rings. The molecule has 0 radical (unpaired) electrons. The summed E-state index contributed by atoms with van der Waals surface area (Å²) >= 11 is 7.93. The van der Waals surface area contributed by atoms with Gasteiger partial charge in [0, 0.05) is 29.6 Å². The summed E-state index contributed by atoms with van der Waals surface area (Å²) in [7, 11) is 0. The molecule has 2 N–H and O–H groups in total. The molecule has 2 fully saturated rings. The lowest BCUT2D eigenvalue weighted by Crippen LogP contribution is -2.44. The predicted molar refractivity (Wildman–Crippen MR) is 129 cm³/mol. The fourth-order valence-electron chi connectivity index (χ4n) is 5.22. The second-order valence-corrected chi connectivity index (χ2v) is 10.4. The Kier molecular flexibility index (Phi) is 5.72. The second-order valence-electron chi connectivity index (χ2n) is 8.98. The number of hydrogen-bond donors (Lipinski definition) is 1. The van der Waals surface area contributed by atoms with Crippen LogP contribution in [-0.4, -0.2) is 45.2 Å². The molecule has 0 bridgehead atoms. The minimum absolute atomic E-state index is 0.302. The van der Waals surface area contributed by atoms with Gasteiger partial charge in [0.15, 0.2) is 5.82 Å². The summed E-state index contributed by atoms with van der Waals surface area (Å²) in [6.07, 6.45) is 9.17. The van der Waals surface area contributed by atoms with Crippen molar-refractivity contribution in [3.8, 4) is 0 Å². The highest BCUT2D eigenvalue weighted by Gasteiger charge is 2.48. The zero-order valence-corrected chi connectivity index (χ0v) is 20.3. The number of nitrogen functional groups attached to an aromatic ring is 1. The highest BCUT2D eigenvalue weighted by atomic mass is 35.5. The van der Waals surface area contributed by atoms with Crippen LogP contribution in [0.25, 0.3) is 5.52 Å². The largest absolute Gasteiger partial charge is 0.382 e. The van der Waals surface area contributed by atoms with Crippen molar-refractivity contribution in [3.05, 3.63) is 35.5 Å². The van der Waals surface area contributed by atoms with Gasteiger partial charge in [0.25, 0.3) is 0 Å². The maximum absolute atomic E-state index is 6.39. The molecule has 32 heavy (non-hydrogen) atoms. The maximum Gasteiger partial charge on any atom is 0.154 e. The Balaban J connectivity index is 1.43. The van der Waals surface area contributed by atoms with Crippen LogP contribution in [0.2, 0.25) is 5.02 Å². The molecule has 3 aromatic heterocycles. The lowest BCUT2D eigenvalue weighted by molar-refractivity contribution is 0.0840. The Bertz CT molecular complexity index is 1140. The van der Waals surface area contributed by atoms with Gasteiger partial charge in [-0.1, -0.05) is 37.2 Å². The van der Waals surface area contributed by atoms with Gasteiger partial charge in [-0.05, 0) is 38.2 Å². The first kappa shape index (κ1) is 21.8. The zero-order chi connectivity index (χ0) is 22.5. The zero-order valence-electron chi connectivity index (χ0n) is 18.7. The van der Waals surface area contributed by atoms with E-state index in [4.69, 9.17) is 27.1 Å². The molecule has 0 saturated carbocycles. The minimum atomic E-state index is 0.302. The van der Waals surface area contributed by atoms with Crippen molar-refractivity contribution >= 4 is 40.5 Å². The van der Waals surface area contributed by atoms with Crippen LogP contribution >= 0.6 is 23.4 Å². The molecule has 0 unspecified atom stereocenters. The number of aromatic nitrogens is 4. The highest BCUT2D eigenvalue weighted by molar-refractivity contribution is 7.99. The third kappa shape index (κ3) is 3.53. The Morgan fingerprint density at radius 3 is 2.84 bits per heavy atom. The molecule has 2 saturated heterocycles. The van der Waals surface area contributed by atoms with Crippen LogP contribution in [0.15, 0.2) is 34.7 Å². The summed E-state index contributed by atoms with van der Waals surface area (Å²) in [6, 6.07) is 1.87. The maximum atomic E-state index is 6.39. The van der Waals surface area contributed by atoms with Crippen LogP contribution in [0.1, 0.15) is 38.8 Å². The highest BCUT2D eigenvalue weighted by Crippen LogP contribution is 2.48. The van der Waals surface area contributed by atoms with Crippen LogP contribution < -0.4 is 10.6 Å². The first-order chi connectivity index (χ1) is 15.4. The number of aryl methyl sites for hydroxylation is 1. The van der Waals surface area contributed by atoms with Gasteiger partial charge in [0.2, 0.25) is 0 Å². The Labute approximate surface area is 197 Å². The average molecular weight is 473 g/mol. The van der Waals surface area contributed by atoms with Crippen molar-refractivity contribution in [1.82, 2.24) is 19.4 Å². The Morgan fingerprint density at radius 1 is 1.34 bits per heavy atom. The summed E-state index contributed by atoms with van der Waals surface area (Å²) < 4.78 is 8.25. The van der Waals surface area contributed by atoms with Gasteiger partial charge >= 0.3 is 0 Å². The molecule has 2 atom stereocenters. The molecule has 9 heteroatoms. The van der Waals surface area contributed by atoms with Crippen molar-refractivity contribution < 1.29 is 4.74 Å². The number of rotatable bonds is 4. The molecule has 5 rings (SSSR count). The molecule has 2 aliphatic rings. The Hall–Kier alpha value is -2.03. The molecule has 2 aliphatic heterocycles. The molecule has 170 valence electrons. The van der Waals surface area contributed by atoms with Crippen molar-refractivity contribution in [2.24, 2.45) is 11.3 Å². The first-order valence-corrected chi connectivity index (χ1v) is 12.4. The van der Waals surface area contributed by atoms with Crippen molar-refractivity contribution in [2.75, 3.05) is 30.3 Å². The SMILES string of the molecule is CC[C@@H]1OCC2(CCN(c3nc(C)c(Sc4ccnc(N)c4Cl)n4cncc34)CC2)[C@@H]1C. The third-order valence-corrected chi connectivity index (χ3v) is 9.08. The number of anilines is 2. The predicted octanol–water partition coefficient (Wildman–Crippen LogP) is 4.85. The summed E-state index contributed by atoms with van der Waals surface area (Å²) in [5.74, 6) is 1.94. The number of piperidine rings is 1. The molecule has 0 aliphatic carbocycles. The monoisotopic (exact) mass is 472 g/mol. The molecular formula is C23H29ClN6OS. The van der Waals surface area contributed by atoms with E-state index < -0.39 is 0 Å². The number of halogens is 1. The number of imidazole rings is 1. The quantitative estimate of drug-likeness (QED) is 0.581. The van der Waals surface area contributed by atoms with Crippen molar-refractivity contribution in [1.29, 1.82) is 0 Å². The van der Waals surface area contributed by atoms with Crippen LogP contribution in [0.3, 0.4) is 0 Å². The van der Waals surface area contributed by atoms with Crippen LogP contribution in [0, 0.1) is 18.3 Å². The number of hydrogen-bond acceptors (Lipinski definition) is 7. The number of fused-ring (bicyclic) bond motifs is 1. The molecule has 7 nitrogen and oxygen atoms in total. The molecule has 0 aromatic carbocycles. The molecule has 1 spiro atoms. The van der Waals surface area contributed by atoms with Gasteiger partial charge in [-0.15, -0.1) is 0 Å². The first-order valence-electron chi connectivity index (χ1n) is 11.2.